The number of imidazole rings is 1. The highest BCUT2D eigenvalue weighted by Gasteiger charge is 2.26. The van der Waals surface area contributed by atoms with Gasteiger partial charge in [0.1, 0.15) is 5.82 Å². The smallest absolute Gasteiger partial charge is 0.317 e. The van der Waals surface area contributed by atoms with Gasteiger partial charge in [-0.25, -0.2) is 4.98 Å². The van der Waals surface area contributed by atoms with Crippen molar-refractivity contribution in [1.29, 1.82) is 0 Å². The van der Waals surface area contributed by atoms with Crippen LogP contribution in [0.3, 0.4) is 0 Å². The Bertz CT molecular complexity index is 479. The van der Waals surface area contributed by atoms with Crippen molar-refractivity contribution in [2.24, 2.45) is 0 Å². The van der Waals surface area contributed by atoms with Crippen LogP contribution in [0.4, 0.5) is 3.89 Å². The van der Waals surface area contributed by atoms with Crippen LogP contribution in [0.15, 0.2) is 5.03 Å². The molecule has 1 aromatic rings. The molecule has 1 aliphatic rings. The third kappa shape index (κ3) is 1.90. The Balaban J connectivity index is 2.60. The number of rotatable bonds is 1. The molecule has 0 radical (unpaired) electrons. The maximum absolute atomic E-state index is 13.0. The van der Waals surface area contributed by atoms with E-state index in [0.29, 0.717) is 12.4 Å². The number of aromatic nitrogens is 2. The minimum Gasteiger partial charge on any atom is -0.317 e. The molecule has 0 spiro atoms. The second-order valence-electron chi connectivity index (χ2n) is 3.82. The topological polar surface area (TPSA) is 52.0 Å². The summed E-state index contributed by atoms with van der Waals surface area (Å²) in [7, 11) is -4.65. The number of aryl methyl sites for hydroxylation is 2. The summed E-state index contributed by atoms with van der Waals surface area (Å²) in [6.07, 6.45) is 3.64. The normalized spacial score (nSPS) is 17.2. The molecule has 0 saturated carbocycles. The molecule has 1 aliphatic heterocycles. The first-order chi connectivity index (χ1) is 7.00. The van der Waals surface area contributed by atoms with E-state index in [-0.39, 0.29) is 10.7 Å². The van der Waals surface area contributed by atoms with E-state index in [1.807, 2.05) is 0 Å². The van der Waals surface area contributed by atoms with Crippen LogP contribution in [0, 0.1) is 6.92 Å². The van der Waals surface area contributed by atoms with Crippen molar-refractivity contribution < 1.29 is 12.3 Å². The van der Waals surface area contributed by atoms with E-state index in [4.69, 9.17) is 0 Å². The summed E-state index contributed by atoms with van der Waals surface area (Å²) in [4.78, 5) is 4.12. The predicted molar refractivity (Wildman–Crippen MR) is 52.8 cm³/mol. The molecule has 15 heavy (non-hydrogen) atoms. The van der Waals surface area contributed by atoms with Crippen molar-refractivity contribution in [3.63, 3.8) is 0 Å². The van der Waals surface area contributed by atoms with E-state index in [2.05, 4.69) is 4.98 Å². The molecule has 0 saturated heterocycles. The van der Waals surface area contributed by atoms with Crippen molar-refractivity contribution >= 4 is 10.2 Å². The van der Waals surface area contributed by atoms with Gasteiger partial charge in [0.15, 0.2) is 5.03 Å². The van der Waals surface area contributed by atoms with Crippen molar-refractivity contribution in [3.05, 3.63) is 11.5 Å². The predicted octanol–water partition coefficient (Wildman–Crippen LogP) is 1.58. The third-order valence-electron chi connectivity index (χ3n) is 2.68. The highest BCUT2D eigenvalue weighted by atomic mass is 32.3. The molecule has 0 atom stereocenters. The number of nitrogens with zero attached hydrogens (tertiary/aromatic N) is 2. The first-order valence-corrected chi connectivity index (χ1v) is 6.39. The zero-order chi connectivity index (χ0) is 11.1. The molecule has 2 heterocycles. The molecule has 0 aliphatic carbocycles. The molecule has 0 aromatic carbocycles. The van der Waals surface area contributed by atoms with Crippen LogP contribution in [0.25, 0.3) is 0 Å². The monoisotopic (exact) mass is 232 g/mol. The van der Waals surface area contributed by atoms with E-state index < -0.39 is 10.2 Å². The lowest BCUT2D eigenvalue weighted by Gasteiger charge is -2.05. The van der Waals surface area contributed by atoms with E-state index in [9.17, 15) is 12.3 Å². The van der Waals surface area contributed by atoms with Crippen molar-refractivity contribution in [2.45, 2.75) is 44.2 Å². The molecule has 2 rings (SSSR count). The first kappa shape index (κ1) is 10.6. The van der Waals surface area contributed by atoms with Crippen molar-refractivity contribution in [2.75, 3.05) is 0 Å². The Morgan fingerprint density at radius 2 is 2.07 bits per heavy atom. The molecule has 0 N–H and O–H groups in total. The number of halogens is 1. The van der Waals surface area contributed by atoms with Gasteiger partial charge in [0, 0.05) is 13.0 Å². The maximum Gasteiger partial charge on any atom is 0.349 e. The maximum atomic E-state index is 13.0. The average molecular weight is 232 g/mol. The standard InChI is InChI=1S/C9H13FN2O2S/c1-7-9(15(10,13)14)12-6-4-2-3-5-8(12)11-7/h2-6H2,1H3. The highest BCUT2D eigenvalue weighted by molar-refractivity contribution is 7.86. The Morgan fingerprint density at radius 1 is 1.33 bits per heavy atom. The Labute approximate surface area is 88.3 Å². The second kappa shape index (κ2) is 3.59. The first-order valence-electron chi connectivity index (χ1n) is 5.01. The lowest BCUT2D eigenvalue weighted by Crippen LogP contribution is -2.08. The van der Waals surface area contributed by atoms with Gasteiger partial charge in [0.05, 0.1) is 5.69 Å². The van der Waals surface area contributed by atoms with Crippen molar-refractivity contribution in [3.8, 4) is 0 Å². The SMILES string of the molecule is Cc1nc2n(c1S(=O)(=O)F)CCCCC2. The zero-order valence-corrected chi connectivity index (χ0v) is 9.35. The lowest BCUT2D eigenvalue weighted by atomic mass is 10.2. The van der Waals surface area contributed by atoms with Gasteiger partial charge < -0.3 is 4.57 Å². The van der Waals surface area contributed by atoms with Gasteiger partial charge >= 0.3 is 10.2 Å². The third-order valence-corrected chi connectivity index (χ3v) is 3.65. The van der Waals surface area contributed by atoms with Gasteiger partial charge in [-0.05, 0) is 19.8 Å². The van der Waals surface area contributed by atoms with Crippen LogP contribution in [0.2, 0.25) is 0 Å². The Hall–Kier alpha value is -0.910. The summed E-state index contributed by atoms with van der Waals surface area (Å²) in [6.45, 7) is 2.09. The molecule has 84 valence electrons. The molecule has 0 amide bonds. The lowest BCUT2D eigenvalue weighted by molar-refractivity contribution is 0.523. The molecule has 0 fully saturated rings. The van der Waals surface area contributed by atoms with Gasteiger partial charge in [-0.2, -0.15) is 8.42 Å². The Morgan fingerprint density at radius 3 is 2.73 bits per heavy atom. The molecule has 4 nitrogen and oxygen atoms in total. The summed E-state index contributed by atoms with van der Waals surface area (Å²) < 4.78 is 36.5. The summed E-state index contributed by atoms with van der Waals surface area (Å²) >= 11 is 0. The summed E-state index contributed by atoms with van der Waals surface area (Å²) in [5.74, 6) is 0.696. The van der Waals surface area contributed by atoms with Gasteiger partial charge in [0.25, 0.3) is 0 Å². The van der Waals surface area contributed by atoms with Gasteiger partial charge in [-0.1, -0.05) is 10.3 Å². The largest absolute Gasteiger partial charge is 0.349 e. The fraction of sp³-hybridized carbons (Fsp3) is 0.667. The van der Waals surface area contributed by atoms with Crippen LogP contribution >= 0.6 is 0 Å². The number of hydrogen-bond donors (Lipinski definition) is 0. The highest BCUT2D eigenvalue weighted by Crippen LogP contribution is 2.23. The van der Waals surface area contributed by atoms with Crippen LogP contribution in [0.5, 0.6) is 0 Å². The van der Waals surface area contributed by atoms with Gasteiger partial charge in [-0.15, -0.1) is 0 Å². The quantitative estimate of drug-likeness (QED) is 0.691. The van der Waals surface area contributed by atoms with Gasteiger partial charge in [0.2, 0.25) is 0 Å². The summed E-state index contributed by atoms with van der Waals surface area (Å²) in [5.41, 5.74) is 0.273. The summed E-state index contributed by atoms with van der Waals surface area (Å²) in [6, 6.07) is 0. The van der Waals surface area contributed by atoms with Crippen LogP contribution in [-0.2, 0) is 23.2 Å². The fourth-order valence-corrected chi connectivity index (χ4v) is 2.93. The van der Waals surface area contributed by atoms with Gasteiger partial charge in [-0.3, -0.25) is 0 Å². The number of hydrogen-bond acceptors (Lipinski definition) is 3. The van der Waals surface area contributed by atoms with E-state index in [1.54, 1.807) is 0 Å². The zero-order valence-electron chi connectivity index (χ0n) is 8.53. The summed E-state index contributed by atoms with van der Waals surface area (Å²) in [5, 5.41) is -0.251. The molecule has 1 aromatic heterocycles. The average Bonchev–Trinajstić information content (AvgIpc) is 2.30. The van der Waals surface area contributed by atoms with Crippen molar-refractivity contribution in [1.82, 2.24) is 9.55 Å². The van der Waals surface area contributed by atoms with E-state index >= 15 is 0 Å². The fourth-order valence-electron chi connectivity index (χ4n) is 2.07. The number of fused-ring (bicyclic) bond motifs is 1. The van der Waals surface area contributed by atoms with Crippen LogP contribution in [-0.4, -0.2) is 18.0 Å². The Kier molecular flexibility index (Phi) is 2.54. The van der Waals surface area contributed by atoms with Crippen LogP contribution < -0.4 is 0 Å². The van der Waals surface area contributed by atoms with E-state index in [0.717, 1.165) is 25.7 Å². The second-order valence-corrected chi connectivity index (χ2v) is 5.08. The molecule has 0 unspecified atom stereocenters. The molecule has 6 heteroatoms. The van der Waals surface area contributed by atoms with Crippen LogP contribution in [0.1, 0.15) is 30.8 Å². The minimum atomic E-state index is -4.65. The molecular formula is C9H13FN2O2S. The molecular weight excluding hydrogens is 219 g/mol. The van der Waals surface area contributed by atoms with E-state index in [1.165, 1.54) is 11.5 Å². The minimum absolute atomic E-state index is 0.251. The molecule has 0 bridgehead atoms.